The number of hydrogen-bond acceptors (Lipinski definition) is 3. The molecule has 15 heavy (non-hydrogen) atoms. The summed E-state index contributed by atoms with van der Waals surface area (Å²) in [5.41, 5.74) is 0.882. The van der Waals surface area contributed by atoms with Crippen molar-refractivity contribution in [2.45, 2.75) is 13.5 Å². The van der Waals surface area contributed by atoms with E-state index in [-0.39, 0.29) is 5.78 Å². The molecule has 2 rings (SSSR count). The van der Waals surface area contributed by atoms with Crippen molar-refractivity contribution >= 4 is 17.4 Å². The first-order valence-corrected chi connectivity index (χ1v) is 4.86. The van der Waals surface area contributed by atoms with Crippen LogP contribution in [-0.2, 0) is 6.54 Å². The summed E-state index contributed by atoms with van der Waals surface area (Å²) in [4.78, 5) is 12.0. The Balaban J connectivity index is 2.45. The minimum absolute atomic E-state index is 0.173. The molecule has 0 spiro atoms. The van der Waals surface area contributed by atoms with E-state index in [2.05, 4.69) is 15.3 Å². The highest BCUT2D eigenvalue weighted by Crippen LogP contribution is 2.18. The summed E-state index contributed by atoms with van der Waals surface area (Å²) < 4.78 is 1.57. The summed E-state index contributed by atoms with van der Waals surface area (Å²) in [5.74, 6) is -0.173. The number of carbonyl (C=O) groups is 1. The van der Waals surface area contributed by atoms with Crippen LogP contribution < -0.4 is 0 Å². The van der Waals surface area contributed by atoms with Crippen molar-refractivity contribution in [3.05, 3.63) is 34.9 Å². The van der Waals surface area contributed by atoms with E-state index >= 15 is 0 Å². The molecule has 2 aromatic heterocycles. The number of H-pyrrole nitrogens is 1. The Morgan fingerprint density at radius 1 is 1.60 bits per heavy atom. The number of aromatic amines is 1. The molecule has 1 N–H and O–H groups in total. The van der Waals surface area contributed by atoms with Crippen LogP contribution in [0.15, 0.2) is 18.6 Å². The summed E-state index contributed by atoms with van der Waals surface area (Å²) >= 11 is 5.90. The van der Waals surface area contributed by atoms with Gasteiger partial charge >= 0.3 is 0 Å². The average molecular weight is 225 g/mol. The molecule has 2 heterocycles. The molecular weight excluding hydrogens is 216 g/mol. The number of nitrogens with one attached hydrogen (secondary N) is 1. The van der Waals surface area contributed by atoms with Gasteiger partial charge in [-0.05, 0) is 6.92 Å². The number of nitrogens with zero attached hydrogens (tertiary/aromatic N) is 3. The van der Waals surface area contributed by atoms with Crippen molar-refractivity contribution in [3.63, 3.8) is 0 Å². The number of halogens is 1. The molecule has 0 aromatic carbocycles. The smallest absolute Gasteiger partial charge is 0.215 e. The lowest BCUT2D eigenvalue weighted by atomic mass is 10.2. The maximum Gasteiger partial charge on any atom is 0.215 e. The highest BCUT2D eigenvalue weighted by atomic mass is 35.5. The van der Waals surface area contributed by atoms with Crippen LogP contribution >= 0.6 is 11.6 Å². The average Bonchev–Trinajstić information content (AvgIpc) is 2.85. The van der Waals surface area contributed by atoms with Gasteiger partial charge in [-0.25, -0.2) is 0 Å². The van der Waals surface area contributed by atoms with Crippen molar-refractivity contribution < 1.29 is 4.79 Å². The first-order valence-electron chi connectivity index (χ1n) is 4.48. The zero-order valence-corrected chi connectivity index (χ0v) is 8.82. The topological polar surface area (TPSA) is 63.6 Å². The third-order valence-electron chi connectivity index (χ3n) is 2.07. The molecule has 0 amide bonds. The van der Waals surface area contributed by atoms with E-state index in [4.69, 9.17) is 11.6 Å². The third-order valence-corrected chi connectivity index (χ3v) is 2.35. The Morgan fingerprint density at radius 2 is 2.40 bits per heavy atom. The van der Waals surface area contributed by atoms with Crippen molar-refractivity contribution in [2.75, 3.05) is 0 Å². The SMILES string of the molecule is CCn1ncc(Cl)c1C(=O)c1cn[nH]c1. The second-order valence-corrected chi connectivity index (χ2v) is 3.38. The minimum atomic E-state index is -0.173. The lowest BCUT2D eigenvalue weighted by Crippen LogP contribution is -2.10. The van der Waals surface area contributed by atoms with E-state index in [0.29, 0.717) is 22.8 Å². The number of hydrogen-bond donors (Lipinski definition) is 1. The zero-order valence-electron chi connectivity index (χ0n) is 8.07. The van der Waals surface area contributed by atoms with Crippen LogP contribution in [0.5, 0.6) is 0 Å². The van der Waals surface area contributed by atoms with E-state index in [0.717, 1.165) is 0 Å². The molecule has 6 heteroatoms. The van der Waals surface area contributed by atoms with Gasteiger partial charge in [0.05, 0.1) is 23.0 Å². The molecular formula is C9H9ClN4O. The van der Waals surface area contributed by atoms with Gasteiger partial charge in [0.15, 0.2) is 0 Å². The number of carbonyl (C=O) groups excluding carboxylic acids is 1. The molecule has 0 unspecified atom stereocenters. The molecule has 2 aromatic rings. The molecule has 0 atom stereocenters. The predicted octanol–water partition coefficient (Wildman–Crippen LogP) is 1.51. The first kappa shape index (κ1) is 9.92. The second-order valence-electron chi connectivity index (χ2n) is 2.97. The van der Waals surface area contributed by atoms with E-state index in [1.807, 2.05) is 6.92 Å². The van der Waals surface area contributed by atoms with Crippen LogP contribution in [-0.4, -0.2) is 25.8 Å². The molecule has 0 saturated heterocycles. The van der Waals surface area contributed by atoms with Crippen LogP contribution in [0.25, 0.3) is 0 Å². The fourth-order valence-corrected chi connectivity index (χ4v) is 1.57. The maximum atomic E-state index is 12.0. The molecule has 0 bridgehead atoms. The maximum absolute atomic E-state index is 12.0. The highest BCUT2D eigenvalue weighted by Gasteiger charge is 2.18. The van der Waals surface area contributed by atoms with Crippen molar-refractivity contribution in [2.24, 2.45) is 0 Å². The molecule has 5 nitrogen and oxygen atoms in total. The van der Waals surface area contributed by atoms with E-state index in [9.17, 15) is 4.79 Å². The van der Waals surface area contributed by atoms with Gasteiger partial charge in [0.25, 0.3) is 0 Å². The Labute approximate surface area is 91.1 Å². The van der Waals surface area contributed by atoms with Crippen molar-refractivity contribution in [1.29, 1.82) is 0 Å². The van der Waals surface area contributed by atoms with Crippen LogP contribution in [0.3, 0.4) is 0 Å². The summed E-state index contributed by atoms with van der Waals surface area (Å²) in [6.07, 6.45) is 4.47. The van der Waals surface area contributed by atoms with Gasteiger partial charge in [0.2, 0.25) is 5.78 Å². The number of ketones is 1. The number of aryl methyl sites for hydroxylation is 1. The van der Waals surface area contributed by atoms with Gasteiger partial charge in [-0.15, -0.1) is 0 Å². The van der Waals surface area contributed by atoms with Gasteiger partial charge in [0, 0.05) is 12.7 Å². The Bertz CT molecular complexity index is 474. The largest absolute Gasteiger partial charge is 0.287 e. The number of aromatic nitrogens is 4. The van der Waals surface area contributed by atoms with Gasteiger partial charge in [0.1, 0.15) is 5.69 Å². The van der Waals surface area contributed by atoms with E-state index in [1.54, 1.807) is 4.68 Å². The Kier molecular flexibility index (Phi) is 2.55. The quantitative estimate of drug-likeness (QED) is 0.804. The van der Waals surface area contributed by atoms with Gasteiger partial charge in [-0.3, -0.25) is 14.6 Å². The summed E-state index contributed by atoms with van der Waals surface area (Å²) in [6.45, 7) is 2.50. The summed E-state index contributed by atoms with van der Waals surface area (Å²) in [7, 11) is 0. The van der Waals surface area contributed by atoms with E-state index in [1.165, 1.54) is 18.6 Å². The summed E-state index contributed by atoms with van der Waals surface area (Å²) in [6, 6.07) is 0. The lowest BCUT2D eigenvalue weighted by molar-refractivity contribution is 0.102. The van der Waals surface area contributed by atoms with Crippen LogP contribution in [0.1, 0.15) is 23.0 Å². The first-order chi connectivity index (χ1) is 7.24. The molecule has 0 aliphatic rings. The molecule has 0 radical (unpaired) electrons. The molecule has 78 valence electrons. The minimum Gasteiger partial charge on any atom is -0.287 e. The Hall–Kier alpha value is -1.62. The summed E-state index contributed by atoms with van der Waals surface area (Å²) in [5, 5.41) is 10.7. The zero-order chi connectivity index (χ0) is 10.8. The van der Waals surface area contributed by atoms with Gasteiger partial charge in [-0.1, -0.05) is 11.6 Å². The van der Waals surface area contributed by atoms with Gasteiger partial charge in [-0.2, -0.15) is 10.2 Å². The third kappa shape index (κ3) is 1.66. The fourth-order valence-electron chi connectivity index (χ4n) is 1.34. The normalized spacial score (nSPS) is 10.5. The monoisotopic (exact) mass is 224 g/mol. The van der Waals surface area contributed by atoms with Crippen LogP contribution in [0.2, 0.25) is 5.02 Å². The van der Waals surface area contributed by atoms with Crippen LogP contribution in [0, 0.1) is 0 Å². The van der Waals surface area contributed by atoms with Crippen LogP contribution in [0.4, 0.5) is 0 Å². The van der Waals surface area contributed by atoms with E-state index < -0.39 is 0 Å². The fraction of sp³-hybridized carbons (Fsp3) is 0.222. The molecule has 0 fully saturated rings. The van der Waals surface area contributed by atoms with Crippen molar-refractivity contribution in [3.8, 4) is 0 Å². The van der Waals surface area contributed by atoms with Gasteiger partial charge < -0.3 is 0 Å². The standard InChI is InChI=1S/C9H9ClN4O/c1-2-14-8(7(10)5-13-14)9(15)6-3-11-12-4-6/h3-5H,2H2,1H3,(H,11,12). The molecule has 0 aliphatic carbocycles. The second kappa shape index (κ2) is 3.86. The number of rotatable bonds is 3. The Morgan fingerprint density at radius 3 is 3.00 bits per heavy atom. The van der Waals surface area contributed by atoms with Crippen molar-refractivity contribution in [1.82, 2.24) is 20.0 Å². The molecule has 0 aliphatic heterocycles. The molecule has 0 saturated carbocycles. The highest BCUT2D eigenvalue weighted by molar-refractivity contribution is 6.34. The lowest BCUT2D eigenvalue weighted by Gasteiger charge is -2.02. The predicted molar refractivity (Wildman–Crippen MR) is 54.9 cm³/mol.